The van der Waals surface area contributed by atoms with E-state index in [1.54, 1.807) is 7.11 Å². The first kappa shape index (κ1) is 23.0. The van der Waals surface area contributed by atoms with Crippen LogP contribution in [0.15, 0.2) is 69.8 Å². The Morgan fingerprint density at radius 2 is 2.00 bits per heavy atom. The lowest BCUT2D eigenvalue weighted by molar-refractivity contribution is -0.117. The van der Waals surface area contributed by atoms with Gasteiger partial charge in [-0.05, 0) is 80.0 Å². The maximum atomic E-state index is 12.4. The monoisotopic (exact) mass is 447 g/mol. The number of nitrogens with zero attached hydrogens (tertiary/aromatic N) is 3. The largest absolute Gasteiger partial charge is 0.497 e. The van der Waals surface area contributed by atoms with Crippen molar-refractivity contribution in [2.24, 2.45) is 9.98 Å². The summed E-state index contributed by atoms with van der Waals surface area (Å²) in [6.45, 7) is 7.82. The number of methoxy groups -OCH3 is 1. The van der Waals surface area contributed by atoms with E-state index in [1.807, 2.05) is 30.5 Å². The van der Waals surface area contributed by atoms with Crippen molar-refractivity contribution in [3.63, 3.8) is 0 Å². The van der Waals surface area contributed by atoms with Gasteiger partial charge in [-0.1, -0.05) is 19.9 Å². The molecule has 3 aliphatic rings. The van der Waals surface area contributed by atoms with Crippen LogP contribution in [0.3, 0.4) is 0 Å². The highest BCUT2D eigenvalue weighted by Crippen LogP contribution is 2.36. The Morgan fingerprint density at radius 1 is 1.21 bits per heavy atom. The number of carbonyl (C=O) groups excluding carboxylic acids is 1. The van der Waals surface area contributed by atoms with Crippen molar-refractivity contribution in [3.05, 3.63) is 59.8 Å². The van der Waals surface area contributed by atoms with E-state index in [-0.39, 0.29) is 12.3 Å². The average molecular weight is 448 g/mol. The first-order valence-electron chi connectivity index (χ1n) is 11.7. The molecule has 1 atom stereocenters. The molecule has 1 spiro atoms. The number of hydrogen-bond donors (Lipinski definition) is 2. The fourth-order valence-electron chi connectivity index (χ4n) is 4.43. The summed E-state index contributed by atoms with van der Waals surface area (Å²) >= 11 is 0. The number of aliphatic imine (C=N–C) groups is 2. The van der Waals surface area contributed by atoms with Gasteiger partial charge in [0.1, 0.15) is 11.3 Å². The maximum absolute atomic E-state index is 12.4. The number of allylic oxidation sites excluding steroid dienone is 2. The molecule has 0 aromatic heterocycles. The van der Waals surface area contributed by atoms with Crippen LogP contribution in [0.4, 0.5) is 5.69 Å². The minimum absolute atomic E-state index is 0.107. The molecule has 0 saturated carbocycles. The molecule has 2 aliphatic heterocycles. The molecule has 1 aliphatic carbocycles. The molecule has 2 heterocycles. The SMILES string of the molecule is CCN(CC)CCCC1=CC2=NCC(=O)CC3=CNC(Nc4ccc(OC)cc4)=NC32C=C1. The lowest BCUT2D eigenvalue weighted by Crippen LogP contribution is -2.45. The second-order valence-electron chi connectivity index (χ2n) is 8.49. The molecular formula is C26H33N5O2. The van der Waals surface area contributed by atoms with E-state index in [9.17, 15) is 4.79 Å². The zero-order valence-corrected chi connectivity index (χ0v) is 19.7. The predicted molar refractivity (Wildman–Crippen MR) is 134 cm³/mol. The number of nitrogens with one attached hydrogen (secondary N) is 2. The molecule has 33 heavy (non-hydrogen) atoms. The van der Waals surface area contributed by atoms with Gasteiger partial charge in [-0.15, -0.1) is 0 Å². The summed E-state index contributed by atoms with van der Waals surface area (Å²) < 4.78 is 5.24. The van der Waals surface area contributed by atoms with Gasteiger partial charge in [0.2, 0.25) is 5.96 Å². The maximum Gasteiger partial charge on any atom is 0.201 e. The smallest absolute Gasteiger partial charge is 0.201 e. The van der Waals surface area contributed by atoms with Crippen molar-refractivity contribution < 1.29 is 9.53 Å². The summed E-state index contributed by atoms with van der Waals surface area (Å²) in [6.07, 6.45) is 10.7. The average Bonchev–Trinajstić information content (AvgIpc) is 2.98. The highest BCUT2D eigenvalue weighted by atomic mass is 16.5. The van der Waals surface area contributed by atoms with Gasteiger partial charge in [0.15, 0.2) is 5.78 Å². The topological polar surface area (TPSA) is 78.3 Å². The molecule has 174 valence electrons. The summed E-state index contributed by atoms with van der Waals surface area (Å²) in [7, 11) is 1.65. The van der Waals surface area contributed by atoms with Gasteiger partial charge in [0, 0.05) is 18.3 Å². The van der Waals surface area contributed by atoms with E-state index in [1.165, 1.54) is 5.57 Å². The number of ketones is 1. The Kier molecular flexibility index (Phi) is 7.08. The Balaban J connectivity index is 1.56. The third-order valence-corrected chi connectivity index (χ3v) is 6.41. The number of Topliss-reactive ketones (excluding diaryl/α,β-unsaturated/α-hetero) is 1. The quantitative estimate of drug-likeness (QED) is 0.635. The minimum atomic E-state index is -0.741. The summed E-state index contributed by atoms with van der Waals surface area (Å²) in [5.74, 6) is 1.52. The number of rotatable bonds is 8. The molecule has 7 nitrogen and oxygen atoms in total. The van der Waals surface area contributed by atoms with Crippen LogP contribution in [0.5, 0.6) is 5.75 Å². The zero-order chi connectivity index (χ0) is 23.3. The Morgan fingerprint density at radius 3 is 2.73 bits per heavy atom. The van der Waals surface area contributed by atoms with Crippen molar-refractivity contribution in [1.82, 2.24) is 10.2 Å². The van der Waals surface area contributed by atoms with Crippen LogP contribution >= 0.6 is 0 Å². The third kappa shape index (κ3) is 5.09. The van der Waals surface area contributed by atoms with Crippen molar-refractivity contribution in [3.8, 4) is 5.75 Å². The van der Waals surface area contributed by atoms with E-state index in [4.69, 9.17) is 14.7 Å². The van der Waals surface area contributed by atoms with Gasteiger partial charge in [-0.25, -0.2) is 4.99 Å². The summed E-state index contributed by atoms with van der Waals surface area (Å²) in [5.41, 5.74) is 3.16. The summed E-state index contributed by atoms with van der Waals surface area (Å²) in [6, 6.07) is 7.68. The van der Waals surface area contributed by atoms with E-state index in [2.05, 4.69) is 47.6 Å². The fraction of sp³-hybridized carbons (Fsp3) is 0.423. The fourth-order valence-corrected chi connectivity index (χ4v) is 4.43. The predicted octanol–water partition coefficient (Wildman–Crippen LogP) is 3.72. The molecule has 1 unspecified atom stereocenters. The molecule has 1 aromatic rings. The lowest BCUT2D eigenvalue weighted by atomic mass is 9.78. The molecule has 0 radical (unpaired) electrons. The van der Waals surface area contributed by atoms with Crippen LogP contribution in [-0.4, -0.2) is 61.2 Å². The highest BCUT2D eigenvalue weighted by Gasteiger charge is 2.42. The summed E-state index contributed by atoms with van der Waals surface area (Å²) in [4.78, 5) is 24.6. The minimum Gasteiger partial charge on any atom is -0.497 e. The van der Waals surface area contributed by atoms with Gasteiger partial charge in [0.25, 0.3) is 0 Å². The van der Waals surface area contributed by atoms with Crippen molar-refractivity contribution in [2.45, 2.75) is 38.6 Å². The van der Waals surface area contributed by atoms with Gasteiger partial charge in [-0.2, -0.15) is 0 Å². The van der Waals surface area contributed by atoms with E-state index < -0.39 is 5.54 Å². The van der Waals surface area contributed by atoms with Crippen molar-refractivity contribution >= 4 is 23.1 Å². The normalized spacial score (nSPS) is 21.6. The number of hydrogen-bond acceptors (Lipinski definition) is 7. The second kappa shape index (κ2) is 10.2. The van der Waals surface area contributed by atoms with E-state index in [0.717, 1.165) is 55.2 Å². The number of anilines is 1. The first-order valence-corrected chi connectivity index (χ1v) is 11.7. The Hall–Kier alpha value is -3.19. The van der Waals surface area contributed by atoms with Crippen LogP contribution in [0.1, 0.15) is 33.1 Å². The molecule has 0 saturated heterocycles. The Bertz CT molecular complexity index is 1030. The molecule has 1 aromatic carbocycles. The van der Waals surface area contributed by atoms with E-state index >= 15 is 0 Å². The molecule has 7 heteroatoms. The van der Waals surface area contributed by atoms with Crippen molar-refractivity contribution in [1.29, 1.82) is 0 Å². The molecule has 0 bridgehead atoms. The van der Waals surface area contributed by atoms with E-state index in [0.29, 0.717) is 12.4 Å². The standard InChI is InChI=1S/C26H33N5O2/c1-4-31(5-2)14-6-7-19-12-13-26-20(16-22(32)18-27-24(26)15-19)17-28-25(30-26)29-21-8-10-23(33-3)11-9-21/h8-13,15,17H,4-7,14,16,18H2,1-3H3,(H2,28,29,30). The Labute approximate surface area is 196 Å². The van der Waals surface area contributed by atoms with Gasteiger partial charge < -0.3 is 20.3 Å². The van der Waals surface area contributed by atoms with Gasteiger partial charge in [-0.3, -0.25) is 9.79 Å². The highest BCUT2D eigenvalue weighted by molar-refractivity contribution is 6.13. The van der Waals surface area contributed by atoms with Crippen LogP contribution < -0.4 is 15.4 Å². The molecule has 4 rings (SSSR count). The van der Waals surface area contributed by atoms with Gasteiger partial charge >= 0.3 is 0 Å². The van der Waals surface area contributed by atoms with Crippen LogP contribution in [0.2, 0.25) is 0 Å². The molecule has 0 fully saturated rings. The zero-order valence-electron chi connectivity index (χ0n) is 19.7. The number of benzene rings is 1. The third-order valence-electron chi connectivity index (χ3n) is 6.41. The number of guanidine groups is 1. The van der Waals surface area contributed by atoms with Crippen LogP contribution in [0.25, 0.3) is 0 Å². The number of carbonyl (C=O) groups is 1. The molecule has 2 N–H and O–H groups in total. The molecule has 0 amide bonds. The van der Waals surface area contributed by atoms with Gasteiger partial charge in [0.05, 0.1) is 19.4 Å². The molecular weight excluding hydrogens is 414 g/mol. The first-order chi connectivity index (χ1) is 16.1. The van der Waals surface area contributed by atoms with Crippen LogP contribution in [-0.2, 0) is 4.79 Å². The summed E-state index contributed by atoms with van der Waals surface area (Å²) in [5, 5.41) is 6.55. The number of ether oxygens (including phenoxy) is 1. The second-order valence-corrected chi connectivity index (χ2v) is 8.49. The van der Waals surface area contributed by atoms with Crippen LogP contribution in [0, 0.1) is 0 Å². The lowest BCUT2D eigenvalue weighted by Gasteiger charge is -2.35. The van der Waals surface area contributed by atoms with Crippen molar-refractivity contribution in [2.75, 3.05) is 38.6 Å².